The van der Waals surface area contributed by atoms with Crippen molar-refractivity contribution in [3.8, 4) is 5.75 Å². The van der Waals surface area contributed by atoms with Gasteiger partial charge in [0, 0.05) is 22.3 Å². The van der Waals surface area contributed by atoms with Gasteiger partial charge in [-0.25, -0.2) is 0 Å². The first kappa shape index (κ1) is 22.8. The maximum Gasteiger partial charge on any atom is 0.261 e. The van der Waals surface area contributed by atoms with Crippen LogP contribution in [0, 0.1) is 5.92 Å². The molecule has 2 aromatic rings. The minimum atomic E-state index is -0.366. The molecule has 0 fully saturated rings. The smallest absolute Gasteiger partial charge is 0.261 e. The van der Waals surface area contributed by atoms with Crippen LogP contribution in [0.5, 0.6) is 5.75 Å². The minimum absolute atomic E-state index is 0.0574. The van der Waals surface area contributed by atoms with Crippen molar-refractivity contribution in [1.29, 1.82) is 0 Å². The summed E-state index contributed by atoms with van der Waals surface area (Å²) in [6.07, 6.45) is 0.411. The molecule has 2 rings (SSSR count). The first-order valence-corrected chi connectivity index (χ1v) is 10.4. The van der Waals surface area contributed by atoms with E-state index in [9.17, 15) is 9.59 Å². The zero-order valence-electron chi connectivity index (χ0n) is 16.5. The Labute approximate surface area is 184 Å². The number of ether oxygens (including phenoxy) is 1. The summed E-state index contributed by atoms with van der Waals surface area (Å²) in [4.78, 5) is 24.1. The zero-order chi connectivity index (χ0) is 21.4. The van der Waals surface area contributed by atoms with E-state index in [1.54, 1.807) is 43.3 Å². The summed E-state index contributed by atoms with van der Waals surface area (Å²) in [5.74, 6) is 0.410. The van der Waals surface area contributed by atoms with Gasteiger partial charge < -0.3 is 15.4 Å². The van der Waals surface area contributed by atoms with Gasteiger partial charge in [-0.15, -0.1) is 0 Å². The Balaban J connectivity index is 2.01. The van der Waals surface area contributed by atoms with Crippen molar-refractivity contribution in [3.05, 3.63) is 52.5 Å². The second-order valence-corrected chi connectivity index (χ2v) is 8.06. The SMILES string of the molecule is CCC(=O)Nc1ccc(NC(=S)NC(=O)c2cc(Br)ccc2OCC(C)C)cc1. The first-order chi connectivity index (χ1) is 13.8. The number of nitrogens with one attached hydrogen (secondary N) is 3. The zero-order valence-corrected chi connectivity index (χ0v) is 18.9. The standard InChI is InChI=1S/C21H24BrN3O3S/c1-4-19(26)23-15-6-8-16(9-7-15)24-21(29)25-20(27)17-11-14(22)5-10-18(17)28-12-13(2)3/h5-11,13H,4,12H2,1-3H3,(H,23,26)(H2,24,25,27,29). The van der Waals surface area contributed by atoms with Crippen LogP contribution in [0.25, 0.3) is 0 Å². The van der Waals surface area contributed by atoms with Crippen LogP contribution >= 0.6 is 28.1 Å². The molecule has 0 unspecified atom stereocenters. The van der Waals surface area contributed by atoms with E-state index >= 15 is 0 Å². The molecule has 0 saturated carbocycles. The summed E-state index contributed by atoms with van der Waals surface area (Å²) >= 11 is 8.63. The molecule has 0 atom stereocenters. The van der Waals surface area contributed by atoms with Crippen LogP contribution in [0.4, 0.5) is 11.4 Å². The quantitative estimate of drug-likeness (QED) is 0.491. The maximum atomic E-state index is 12.7. The Hall–Kier alpha value is -2.45. The second-order valence-electron chi connectivity index (χ2n) is 6.73. The lowest BCUT2D eigenvalue weighted by atomic mass is 10.2. The number of halogens is 1. The van der Waals surface area contributed by atoms with Gasteiger partial charge in [0.15, 0.2) is 5.11 Å². The highest BCUT2D eigenvalue weighted by molar-refractivity contribution is 9.10. The fraction of sp³-hybridized carbons (Fsp3) is 0.286. The van der Waals surface area contributed by atoms with E-state index in [1.807, 2.05) is 19.9 Å². The van der Waals surface area contributed by atoms with E-state index in [4.69, 9.17) is 17.0 Å². The number of hydrogen-bond donors (Lipinski definition) is 3. The van der Waals surface area contributed by atoms with Gasteiger partial charge in [-0.05, 0) is 60.6 Å². The average Bonchev–Trinajstić information content (AvgIpc) is 2.68. The first-order valence-electron chi connectivity index (χ1n) is 9.23. The second kappa shape index (κ2) is 10.9. The Kier molecular flexibility index (Phi) is 8.60. The van der Waals surface area contributed by atoms with Crippen LogP contribution in [0.3, 0.4) is 0 Å². The highest BCUT2D eigenvalue weighted by Crippen LogP contribution is 2.24. The summed E-state index contributed by atoms with van der Waals surface area (Å²) in [5, 5.41) is 8.55. The molecule has 0 aromatic heterocycles. The molecule has 8 heteroatoms. The molecule has 0 spiro atoms. The van der Waals surface area contributed by atoms with Crippen LogP contribution in [0.1, 0.15) is 37.6 Å². The fourth-order valence-electron chi connectivity index (χ4n) is 2.28. The Morgan fingerprint density at radius 1 is 1.07 bits per heavy atom. The number of thiocarbonyl (C=S) groups is 1. The largest absolute Gasteiger partial charge is 0.492 e. The fourth-order valence-corrected chi connectivity index (χ4v) is 2.85. The molecule has 2 aromatic carbocycles. The Morgan fingerprint density at radius 3 is 2.28 bits per heavy atom. The molecule has 0 aliphatic carbocycles. The van der Waals surface area contributed by atoms with E-state index in [1.165, 1.54) is 0 Å². The number of carbonyl (C=O) groups is 2. The van der Waals surface area contributed by atoms with Crippen LogP contribution in [-0.4, -0.2) is 23.5 Å². The molecule has 0 heterocycles. The van der Waals surface area contributed by atoms with Gasteiger partial charge in [0.1, 0.15) is 5.75 Å². The lowest BCUT2D eigenvalue weighted by molar-refractivity contribution is -0.115. The van der Waals surface area contributed by atoms with Gasteiger partial charge >= 0.3 is 0 Å². The predicted octanol–water partition coefficient (Wildman–Crippen LogP) is 4.96. The molecular weight excluding hydrogens is 454 g/mol. The van der Waals surface area contributed by atoms with Gasteiger partial charge in [-0.3, -0.25) is 14.9 Å². The van der Waals surface area contributed by atoms with E-state index in [2.05, 4.69) is 31.9 Å². The lowest BCUT2D eigenvalue weighted by Crippen LogP contribution is -2.34. The lowest BCUT2D eigenvalue weighted by Gasteiger charge is -2.15. The highest BCUT2D eigenvalue weighted by Gasteiger charge is 2.15. The third-order valence-corrected chi connectivity index (χ3v) is 4.43. The molecule has 0 radical (unpaired) electrons. The molecule has 0 aliphatic heterocycles. The van der Waals surface area contributed by atoms with Crippen molar-refractivity contribution in [1.82, 2.24) is 5.32 Å². The van der Waals surface area contributed by atoms with E-state index < -0.39 is 0 Å². The normalized spacial score (nSPS) is 10.4. The number of carbonyl (C=O) groups excluding carboxylic acids is 2. The monoisotopic (exact) mass is 477 g/mol. The Bertz CT molecular complexity index is 885. The summed E-state index contributed by atoms with van der Waals surface area (Å²) in [6, 6.07) is 12.3. The van der Waals surface area contributed by atoms with E-state index in [-0.39, 0.29) is 16.9 Å². The van der Waals surface area contributed by atoms with E-state index in [0.29, 0.717) is 41.6 Å². The van der Waals surface area contributed by atoms with Crippen molar-refractivity contribution in [2.75, 3.05) is 17.2 Å². The van der Waals surface area contributed by atoms with Crippen molar-refractivity contribution in [2.24, 2.45) is 5.92 Å². The molecule has 6 nitrogen and oxygen atoms in total. The summed E-state index contributed by atoms with van der Waals surface area (Å²) in [5.41, 5.74) is 1.77. The molecule has 3 N–H and O–H groups in total. The molecular formula is C21H24BrN3O3S. The molecule has 0 bridgehead atoms. The summed E-state index contributed by atoms with van der Waals surface area (Å²) < 4.78 is 6.52. The van der Waals surface area contributed by atoms with Crippen LogP contribution < -0.4 is 20.7 Å². The number of rotatable bonds is 7. The van der Waals surface area contributed by atoms with Gasteiger partial charge in [0.2, 0.25) is 5.91 Å². The molecule has 0 saturated heterocycles. The average molecular weight is 478 g/mol. The third kappa shape index (κ3) is 7.47. The maximum absolute atomic E-state index is 12.7. The van der Waals surface area contributed by atoms with E-state index in [0.717, 1.165) is 4.47 Å². The van der Waals surface area contributed by atoms with Gasteiger partial charge in [0.25, 0.3) is 5.91 Å². The molecule has 0 aliphatic rings. The topological polar surface area (TPSA) is 79.5 Å². The van der Waals surface area contributed by atoms with Crippen molar-refractivity contribution < 1.29 is 14.3 Å². The molecule has 29 heavy (non-hydrogen) atoms. The Morgan fingerprint density at radius 2 is 1.69 bits per heavy atom. The van der Waals surface area contributed by atoms with Crippen LogP contribution in [-0.2, 0) is 4.79 Å². The molecule has 154 valence electrons. The van der Waals surface area contributed by atoms with Gasteiger partial charge in [0.05, 0.1) is 12.2 Å². The number of benzene rings is 2. The summed E-state index contributed by atoms with van der Waals surface area (Å²) in [6.45, 7) is 6.37. The van der Waals surface area contributed by atoms with Crippen molar-refractivity contribution >= 4 is 56.4 Å². The van der Waals surface area contributed by atoms with Crippen molar-refractivity contribution in [2.45, 2.75) is 27.2 Å². The van der Waals surface area contributed by atoms with Gasteiger partial charge in [-0.2, -0.15) is 0 Å². The van der Waals surface area contributed by atoms with Gasteiger partial charge in [-0.1, -0.05) is 36.7 Å². The minimum Gasteiger partial charge on any atom is -0.492 e. The number of hydrogen-bond acceptors (Lipinski definition) is 4. The number of amides is 2. The highest BCUT2D eigenvalue weighted by atomic mass is 79.9. The molecule has 2 amide bonds. The summed E-state index contributed by atoms with van der Waals surface area (Å²) in [7, 11) is 0. The number of anilines is 2. The predicted molar refractivity (Wildman–Crippen MR) is 124 cm³/mol. The van der Waals surface area contributed by atoms with Crippen LogP contribution in [0.2, 0.25) is 0 Å². The van der Waals surface area contributed by atoms with Crippen LogP contribution in [0.15, 0.2) is 46.9 Å². The van der Waals surface area contributed by atoms with Crippen molar-refractivity contribution in [3.63, 3.8) is 0 Å². The third-order valence-electron chi connectivity index (χ3n) is 3.73.